The smallest absolute Gasteiger partial charge is 0.119 e. The van der Waals surface area contributed by atoms with Crippen molar-refractivity contribution in [3.05, 3.63) is 85.5 Å². The molecule has 0 fully saturated rings. The van der Waals surface area contributed by atoms with Gasteiger partial charge in [-0.25, -0.2) is 0 Å². The Kier molecular flexibility index (Phi) is 5.65. The molecule has 0 N–H and O–H groups in total. The minimum atomic E-state index is 0.528. The summed E-state index contributed by atoms with van der Waals surface area (Å²) in [6, 6.07) is 18.6. The van der Waals surface area contributed by atoms with Crippen molar-refractivity contribution in [2.24, 2.45) is 0 Å². The number of anilines is 1. The lowest BCUT2D eigenvalue weighted by molar-refractivity contribution is 0.363. The van der Waals surface area contributed by atoms with Crippen molar-refractivity contribution in [1.29, 1.82) is 0 Å². The number of hydrogen-bond donors (Lipinski definition) is 0. The largest absolute Gasteiger partial charge is 0.490 e. The molecule has 0 saturated heterocycles. The maximum atomic E-state index is 5.51. The number of hydrogen-bond acceptors (Lipinski definition) is 2. The Morgan fingerprint density at radius 2 is 1.62 bits per heavy atom. The van der Waals surface area contributed by atoms with Crippen LogP contribution in [0.5, 0.6) is 5.75 Å². The van der Waals surface area contributed by atoms with Gasteiger partial charge in [0.1, 0.15) is 12.4 Å². The molecule has 108 valence electrons. The molecule has 0 radical (unpaired) electrons. The molecule has 0 spiro atoms. The molecule has 2 aromatic rings. The van der Waals surface area contributed by atoms with Crippen LogP contribution in [0.4, 0.5) is 5.69 Å². The van der Waals surface area contributed by atoms with Crippen molar-refractivity contribution in [2.45, 2.75) is 6.54 Å². The van der Waals surface area contributed by atoms with Gasteiger partial charge in [0.05, 0.1) is 0 Å². The molecule has 2 heteroatoms. The molecule has 0 amide bonds. The Morgan fingerprint density at radius 1 is 0.905 bits per heavy atom. The van der Waals surface area contributed by atoms with E-state index >= 15 is 0 Å². The predicted octanol–water partition coefficient (Wildman–Crippen LogP) is 4.44. The second kappa shape index (κ2) is 7.95. The first-order valence-corrected chi connectivity index (χ1v) is 7.07. The van der Waals surface area contributed by atoms with Crippen LogP contribution in [-0.4, -0.2) is 13.2 Å². The maximum absolute atomic E-state index is 5.51. The lowest BCUT2D eigenvalue weighted by Gasteiger charge is -2.23. The van der Waals surface area contributed by atoms with Crippen molar-refractivity contribution < 1.29 is 4.74 Å². The minimum absolute atomic E-state index is 0.528. The van der Waals surface area contributed by atoms with E-state index in [0.717, 1.165) is 24.5 Å². The summed E-state index contributed by atoms with van der Waals surface area (Å²) >= 11 is 0. The maximum Gasteiger partial charge on any atom is 0.119 e. The van der Waals surface area contributed by atoms with Crippen LogP contribution in [0.15, 0.2) is 79.9 Å². The van der Waals surface area contributed by atoms with Gasteiger partial charge in [0.15, 0.2) is 0 Å². The number of benzene rings is 2. The summed E-state index contributed by atoms with van der Waals surface area (Å²) in [5, 5.41) is 0. The molecule has 2 aromatic carbocycles. The molecule has 0 aliphatic rings. The summed E-state index contributed by atoms with van der Waals surface area (Å²) < 4.78 is 5.51. The van der Waals surface area contributed by atoms with E-state index in [1.807, 2.05) is 24.3 Å². The van der Waals surface area contributed by atoms with Gasteiger partial charge in [-0.1, -0.05) is 49.1 Å². The molecule has 2 rings (SSSR count). The lowest BCUT2D eigenvalue weighted by Crippen LogP contribution is -2.22. The summed E-state index contributed by atoms with van der Waals surface area (Å²) in [6.45, 7) is 9.69. The minimum Gasteiger partial charge on any atom is -0.490 e. The van der Waals surface area contributed by atoms with E-state index in [-0.39, 0.29) is 0 Å². The molecule has 0 aliphatic heterocycles. The summed E-state index contributed by atoms with van der Waals surface area (Å²) in [5.41, 5.74) is 2.44. The molecule has 0 aliphatic carbocycles. The van der Waals surface area contributed by atoms with Crippen molar-refractivity contribution in [3.63, 3.8) is 0 Å². The molecule has 0 unspecified atom stereocenters. The van der Waals surface area contributed by atoms with E-state index < -0.39 is 0 Å². The Bertz CT molecular complexity index is 560. The highest BCUT2D eigenvalue weighted by atomic mass is 16.5. The lowest BCUT2D eigenvalue weighted by atomic mass is 10.2. The summed E-state index contributed by atoms with van der Waals surface area (Å²) in [6.07, 6.45) is 3.67. The molecule has 0 saturated carbocycles. The van der Waals surface area contributed by atoms with Crippen LogP contribution in [0.2, 0.25) is 0 Å². The molecule has 0 heterocycles. The topological polar surface area (TPSA) is 12.5 Å². The molecular weight excluding hydrogens is 258 g/mol. The van der Waals surface area contributed by atoms with Gasteiger partial charge in [-0.15, -0.1) is 6.58 Å². The van der Waals surface area contributed by atoms with Gasteiger partial charge in [-0.2, -0.15) is 0 Å². The molecule has 21 heavy (non-hydrogen) atoms. The van der Waals surface area contributed by atoms with E-state index in [2.05, 4.69) is 54.5 Å². The summed E-state index contributed by atoms with van der Waals surface area (Å²) in [4.78, 5) is 2.28. The van der Waals surface area contributed by atoms with Crippen molar-refractivity contribution in [3.8, 4) is 5.75 Å². The normalized spacial score (nSPS) is 9.90. The summed E-state index contributed by atoms with van der Waals surface area (Å²) in [5.74, 6) is 0.858. The fraction of sp³-hybridized carbons (Fsp3) is 0.158. The zero-order valence-electron chi connectivity index (χ0n) is 12.2. The highest BCUT2D eigenvalue weighted by Gasteiger charge is 2.06. The first-order valence-electron chi connectivity index (χ1n) is 7.07. The summed E-state index contributed by atoms with van der Waals surface area (Å²) in [7, 11) is 0. The van der Waals surface area contributed by atoms with Crippen LogP contribution in [0.25, 0.3) is 0 Å². The van der Waals surface area contributed by atoms with Crippen LogP contribution in [-0.2, 0) is 6.54 Å². The number of nitrogens with zero attached hydrogens (tertiary/aromatic N) is 1. The fourth-order valence-electron chi connectivity index (χ4n) is 2.13. The van der Waals surface area contributed by atoms with Crippen LogP contribution in [0.1, 0.15) is 5.56 Å². The highest BCUT2D eigenvalue weighted by Crippen LogP contribution is 2.21. The molecular formula is C19H21NO. The molecule has 0 atom stereocenters. The average Bonchev–Trinajstić information content (AvgIpc) is 2.54. The SMILES string of the molecule is C=CCOc1ccc(N(CC=C)Cc2ccccc2)cc1. The van der Waals surface area contributed by atoms with Crippen LogP contribution >= 0.6 is 0 Å². The van der Waals surface area contributed by atoms with Gasteiger partial charge in [-0.3, -0.25) is 0 Å². The van der Waals surface area contributed by atoms with Gasteiger partial charge in [-0.05, 0) is 29.8 Å². The van der Waals surface area contributed by atoms with Crippen LogP contribution in [0.3, 0.4) is 0 Å². The van der Waals surface area contributed by atoms with Gasteiger partial charge in [0.2, 0.25) is 0 Å². The van der Waals surface area contributed by atoms with Gasteiger partial charge in [0, 0.05) is 18.8 Å². The molecule has 2 nitrogen and oxygen atoms in total. The average molecular weight is 279 g/mol. The van der Waals surface area contributed by atoms with Crippen molar-refractivity contribution in [2.75, 3.05) is 18.1 Å². The zero-order chi connectivity index (χ0) is 14.9. The second-order valence-corrected chi connectivity index (χ2v) is 4.75. The van der Waals surface area contributed by atoms with Gasteiger partial charge < -0.3 is 9.64 Å². The van der Waals surface area contributed by atoms with Crippen molar-refractivity contribution in [1.82, 2.24) is 0 Å². The van der Waals surface area contributed by atoms with Crippen LogP contribution in [0, 0.1) is 0 Å². The van der Waals surface area contributed by atoms with E-state index in [1.165, 1.54) is 5.56 Å². The van der Waals surface area contributed by atoms with E-state index in [9.17, 15) is 0 Å². The van der Waals surface area contributed by atoms with Crippen LogP contribution < -0.4 is 9.64 Å². The third-order valence-corrected chi connectivity index (χ3v) is 3.14. The number of rotatable bonds is 8. The zero-order valence-corrected chi connectivity index (χ0v) is 12.2. The Hall–Kier alpha value is -2.48. The fourth-order valence-corrected chi connectivity index (χ4v) is 2.13. The van der Waals surface area contributed by atoms with Gasteiger partial charge in [0.25, 0.3) is 0 Å². The Labute approximate surface area is 127 Å². The predicted molar refractivity (Wildman–Crippen MR) is 89.8 cm³/mol. The first kappa shape index (κ1) is 14.9. The van der Waals surface area contributed by atoms with Crippen molar-refractivity contribution >= 4 is 5.69 Å². The molecule has 0 aromatic heterocycles. The van der Waals surface area contributed by atoms with Gasteiger partial charge >= 0.3 is 0 Å². The number of ether oxygens (including phenoxy) is 1. The third-order valence-electron chi connectivity index (χ3n) is 3.14. The molecule has 0 bridgehead atoms. The van der Waals surface area contributed by atoms with E-state index in [0.29, 0.717) is 6.61 Å². The second-order valence-electron chi connectivity index (χ2n) is 4.75. The highest BCUT2D eigenvalue weighted by molar-refractivity contribution is 5.50. The van der Waals surface area contributed by atoms with E-state index in [1.54, 1.807) is 6.08 Å². The standard InChI is InChI=1S/C19H21NO/c1-3-14-20(16-17-8-6-5-7-9-17)18-10-12-19(13-11-18)21-15-4-2/h3-13H,1-2,14-16H2. The quantitative estimate of drug-likeness (QED) is 0.662. The third kappa shape index (κ3) is 4.53. The first-order chi connectivity index (χ1) is 10.3. The van der Waals surface area contributed by atoms with E-state index in [4.69, 9.17) is 4.74 Å². The Balaban J connectivity index is 2.10. The monoisotopic (exact) mass is 279 g/mol. The Morgan fingerprint density at radius 3 is 2.24 bits per heavy atom.